The molecule has 0 aliphatic carbocycles. The predicted octanol–water partition coefficient (Wildman–Crippen LogP) is 0.103. The van der Waals surface area contributed by atoms with Crippen molar-refractivity contribution in [2.75, 3.05) is 12.4 Å². The molecule has 0 aromatic carbocycles. The smallest absolute Gasteiger partial charge is 0.270 e. The Bertz CT molecular complexity index is 594. The molecule has 1 aromatic heterocycles. The molecule has 2 N–H and O–H groups in total. The van der Waals surface area contributed by atoms with E-state index in [4.69, 9.17) is 0 Å². The summed E-state index contributed by atoms with van der Waals surface area (Å²) >= 11 is 0. The van der Waals surface area contributed by atoms with E-state index in [9.17, 15) is 22.4 Å². The fourth-order valence-corrected chi connectivity index (χ4v) is 2.23. The van der Waals surface area contributed by atoms with Crippen molar-refractivity contribution in [3.63, 3.8) is 0 Å². The maximum atomic E-state index is 11.9. The molecule has 0 saturated heterocycles. The minimum atomic E-state index is -3.91. The van der Waals surface area contributed by atoms with Crippen LogP contribution < -0.4 is 10.3 Å². The van der Waals surface area contributed by atoms with Gasteiger partial charge in [0.25, 0.3) is 11.5 Å². The number of pyridine rings is 1. The largest absolute Gasteiger partial charge is 0.326 e. The molecule has 0 aliphatic rings. The summed E-state index contributed by atoms with van der Waals surface area (Å²) in [6.45, 7) is 0.835. The Hall–Kier alpha value is -1.70. The molecule has 8 heteroatoms. The van der Waals surface area contributed by atoms with Crippen LogP contribution in [0.15, 0.2) is 16.9 Å². The van der Waals surface area contributed by atoms with Crippen molar-refractivity contribution < 1.29 is 17.6 Å². The third kappa shape index (κ3) is 3.95. The van der Waals surface area contributed by atoms with Crippen LogP contribution in [0.4, 0.5) is 4.39 Å². The predicted molar refractivity (Wildman–Crippen MR) is 63.6 cm³/mol. The lowest BCUT2D eigenvalue weighted by atomic mass is 10.2. The average molecular weight is 276 g/mol. The van der Waals surface area contributed by atoms with Gasteiger partial charge in [-0.25, -0.2) is 13.1 Å². The first kappa shape index (κ1) is 14.4. The lowest BCUT2D eigenvalue weighted by Gasteiger charge is -2.05. The van der Waals surface area contributed by atoms with E-state index < -0.39 is 33.9 Å². The van der Waals surface area contributed by atoms with Crippen molar-refractivity contribution in [3.05, 3.63) is 33.7 Å². The molecule has 18 heavy (non-hydrogen) atoms. The Labute approximate surface area is 103 Å². The van der Waals surface area contributed by atoms with Gasteiger partial charge < -0.3 is 4.98 Å². The monoisotopic (exact) mass is 276 g/mol. The number of aromatic nitrogens is 1. The minimum Gasteiger partial charge on any atom is -0.326 e. The summed E-state index contributed by atoms with van der Waals surface area (Å²) in [4.78, 5) is 25.3. The molecule has 0 saturated carbocycles. The normalized spacial score (nSPS) is 11.2. The molecule has 0 unspecified atom stereocenters. The third-order valence-electron chi connectivity index (χ3n) is 2.09. The standard InChI is InChI=1S/C10H13FN2O4S/c1-7-3-4-8(9(14)12-7)10(15)13-18(16,17)6-2-5-11/h3-4H,2,5-6H2,1H3,(H,12,14)(H,13,15). The van der Waals surface area contributed by atoms with Crippen molar-refractivity contribution in [1.82, 2.24) is 9.71 Å². The highest BCUT2D eigenvalue weighted by Crippen LogP contribution is 1.97. The molecule has 100 valence electrons. The molecule has 1 rings (SSSR count). The Morgan fingerprint density at radius 1 is 1.44 bits per heavy atom. The molecular formula is C10H13FN2O4S. The van der Waals surface area contributed by atoms with Crippen LogP contribution in [0.3, 0.4) is 0 Å². The van der Waals surface area contributed by atoms with Gasteiger partial charge in [-0.3, -0.25) is 14.0 Å². The van der Waals surface area contributed by atoms with Crippen LogP contribution >= 0.6 is 0 Å². The zero-order valence-electron chi connectivity index (χ0n) is 9.70. The number of hydrogen-bond donors (Lipinski definition) is 2. The van der Waals surface area contributed by atoms with Crippen molar-refractivity contribution in [2.24, 2.45) is 0 Å². The van der Waals surface area contributed by atoms with E-state index in [2.05, 4.69) is 4.98 Å². The summed E-state index contributed by atoms with van der Waals surface area (Å²) in [6.07, 6.45) is -0.202. The van der Waals surface area contributed by atoms with E-state index in [0.29, 0.717) is 5.69 Å². The van der Waals surface area contributed by atoms with Gasteiger partial charge in [-0.05, 0) is 25.5 Å². The molecule has 1 heterocycles. The lowest BCUT2D eigenvalue weighted by molar-refractivity contribution is 0.0980. The molecule has 1 aromatic rings. The second kappa shape index (κ2) is 5.76. The van der Waals surface area contributed by atoms with E-state index in [1.165, 1.54) is 12.1 Å². The molecule has 0 atom stereocenters. The van der Waals surface area contributed by atoms with Crippen LogP contribution in [-0.2, 0) is 10.0 Å². The van der Waals surface area contributed by atoms with E-state index in [1.54, 1.807) is 11.6 Å². The van der Waals surface area contributed by atoms with Gasteiger partial charge in [0.1, 0.15) is 5.56 Å². The van der Waals surface area contributed by atoms with E-state index >= 15 is 0 Å². The van der Waals surface area contributed by atoms with Crippen LogP contribution in [0.2, 0.25) is 0 Å². The maximum absolute atomic E-state index is 11.9. The Morgan fingerprint density at radius 3 is 2.67 bits per heavy atom. The minimum absolute atomic E-state index is 0.202. The summed E-state index contributed by atoms with van der Waals surface area (Å²) in [5, 5.41) is 0. The molecule has 0 bridgehead atoms. The SMILES string of the molecule is Cc1ccc(C(=O)NS(=O)(=O)CCCF)c(=O)[nH]1. The first-order valence-electron chi connectivity index (χ1n) is 5.16. The zero-order chi connectivity index (χ0) is 13.8. The molecule has 0 aliphatic heterocycles. The number of H-pyrrole nitrogens is 1. The number of sulfonamides is 1. The summed E-state index contributed by atoms with van der Waals surface area (Å²) in [6, 6.07) is 2.71. The molecular weight excluding hydrogens is 263 g/mol. The highest BCUT2D eigenvalue weighted by molar-refractivity contribution is 7.90. The first-order valence-corrected chi connectivity index (χ1v) is 6.81. The molecule has 6 nitrogen and oxygen atoms in total. The summed E-state index contributed by atoms with van der Waals surface area (Å²) in [7, 11) is -3.91. The quantitative estimate of drug-likeness (QED) is 0.797. The Kier molecular flexibility index (Phi) is 4.60. The number of nitrogens with one attached hydrogen (secondary N) is 2. The van der Waals surface area contributed by atoms with E-state index in [0.717, 1.165) is 0 Å². The first-order chi connectivity index (χ1) is 8.35. The van der Waals surface area contributed by atoms with Gasteiger partial charge in [-0.2, -0.15) is 0 Å². The second-order valence-electron chi connectivity index (χ2n) is 3.68. The number of hydrogen-bond acceptors (Lipinski definition) is 4. The van der Waals surface area contributed by atoms with Crippen molar-refractivity contribution in [1.29, 1.82) is 0 Å². The number of alkyl halides is 1. The van der Waals surface area contributed by atoms with E-state index in [-0.39, 0.29) is 12.0 Å². The molecule has 0 spiro atoms. The van der Waals surface area contributed by atoms with Crippen LogP contribution in [0.5, 0.6) is 0 Å². The Morgan fingerprint density at radius 2 is 2.11 bits per heavy atom. The van der Waals surface area contributed by atoms with Gasteiger partial charge in [0.2, 0.25) is 10.0 Å². The van der Waals surface area contributed by atoms with Gasteiger partial charge in [0.05, 0.1) is 12.4 Å². The topological polar surface area (TPSA) is 96.1 Å². The van der Waals surface area contributed by atoms with Crippen molar-refractivity contribution in [2.45, 2.75) is 13.3 Å². The number of carbonyl (C=O) groups excluding carboxylic acids is 1. The van der Waals surface area contributed by atoms with Crippen molar-refractivity contribution >= 4 is 15.9 Å². The highest BCUT2D eigenvalue weighted by atomic mass is 32.2. The molecule has 0 fully saturated rings. The van der Waals surface area contributed by atoms with Gasteiger partial charge in [0.15, 0.2) is 0 Å². The highest BCUT2D eigenvalue weighted by Gasteiger charge is 2.17. The fourth-order valence-electron chi connectivity index (χ4n) is 1.24. The summed E-state index contributed by atoms with van der Waals surface area (Å²) in [5.41, 5.74) is -0.422. The average Bonchev–Trinajstić information content (AvgIpc) is 2.25. The van der Waals surface area contributed by atoms with Gasteiger partial charge in [0, 0.05) is 5.69 Å². The van der Waals surface area contributed by atoms with Gasteiger partial charge in [-0.15, -0.1) is 0 Å². The molecule has 0 radical (unpaired) electrons. The number of aryl methyl sites for hydroxylation is 1. The van der Waals surface area contributed by atoms with Crippen LogP contribution in [-0.4, -0.2) is 31.7 Å². The number of carbonyl (C=O) groups is 1. The number of amides is 1. The zero-order valence-corrected chi connectivity index (χ0v) is 10.5. The number of halogens is 1. The van der Waals surface area contributed by atoms with E-state index in [1.807, 2.05) is 0 Å². The van der Waals surface area contributed by atoms with Gasteiger partial charge in [-0.1, -0.05) is 0 Å². The third-order valence-corrected chi connectivity index (χ3v) is 3.42. The second-order valence-corrected chi connectivity index (χ2v) is 5.52. The van der Waals surface area contributed by atoms with Crippen LogP contribution in [0.1, 0.15) is 22.5 Å². The summed E-state index contributed by atoms with van der Waals surface area (Å²) in [5.74, 6) is -1.52. The number of aromatic amines is 1. The maximum Gasteiger partial charge on any atom is 0.270 e. The molecule has 1 amide bonds. The summed E-state index contributed by atoms with van der Waals surface area (Å²) < 4.78 is 36.3. The van der Waals surface area contributed by atoms with Crippen LogP contribution in [0, 0.1) is 6.92 Å². The Balaban J connectivity index is 2.86. The van der Waals surface area contributed by atoms with Crippen molar-refractivity contribution in [3.8, 4) is 0 Å². The van der Waals surface area contributed by atoms with Crippen LogP contribution in [0.25, 0.3) is 0 Å². The number of rotatable bonds is 5. The fraction of sp³-hybridized carbons (Fsp3) is 0.400. The lowest BCUT2D eigenvalue weighted by Crippen LogP contribution is -2.35. The van der Waals surface area contributed by atoms with Gasteiger partial charge >= 0.3 is 0 Å².